The number of anilines is 3. The SMILES string of the molecule is CCCc1cc(N2CC[C@H](N)C2)nc(Nc2ccc(F)c(C(F)(F)F)c2)n1.Cl.Cl. The molecule has 0 aliphatic carbocycles. The van der Waals surface area contributed by atoms with E-state index in [4.69, 9.17) is 5.73 Å². The molecule has 0 spiro atoms. The third kappa shape index (κ3) is 6.32. The van der Waals surface area contributed by atoms with E-state index in [1.807, 2.05) is 17.9 Å². The quantitative estimate of drug-likeness (QED) is 0.638. The van der Waals surface area contributed by atoms with Crippen molar-refractivity contribution < 1.29 is 17.6 Å². The maximum atomic E-state index is 13.5. The largest absolute Gasteiger partial charge is 0.419 e. The molecule has 162 valence electrons. The molecule has 11 heteroatoms. The molecule has 2 heterocycles. The normalized spacial score (nSPS) is 16.2. The van der Waals surface area contributed by atoms with E-state index in [2.05, 4.69) is 15.3 Å². The fourth-order valence-corrected chi connectivity index (χ4v) is 3.03. The number of benzene rings is 1. The molecule has 29 heavy (non-hydrogen) atoms. The van der Waals surface area contributed by atoms with Crippen molar-refractivity contribution in [2.75, 3.05) is 23.3 Å². The Morgan fingerprint density at radius 1 is 1.21 bits per heavy atom. The van der Waals surface area contributed by atoms with E-state index in [-0.39, 0.29) is 42.5 Å². The Kier molecular flexibility index (Phi) is 8.92. The minimum absolute atomic E-state index is 0. The van der Waals surface area contributed by atoms with Crippen molar-refractivity contribution in [2.24, 2.45) is 5.73 Å². The lowest BCUT2D eigenvalue weighted by molar-refractivity contribution is -0.139. The van der Waals surface area contributed by atoms with Gasteiger partial charge in [-0.2, -0.15) is 18.2 Å². The Hall–Kier alpha value is -1.84. The molecule has 0 bridgehead atoms. The molecule has 1 fully saturated rings. The van der Waals surface area contributed by atoms with Crippen molar-refractivity contribution in [3.05, 3.63) is 41.3 Å². The highest BCUT2D eigenvalue weighted by atomic mass is 35.5. The maximum Gasteiger partial charge on any atom is 0.419 e. The average Bonchev–Trinajstić information content (AvgIpc) is 3.02. The molecule has 0 radical (unpaired) electrons. The summed E-state index contributed by atoms with van der Waals surface area (Å²) in [5, 5.41) is 2.77. The Balaban J connectivity index is 0.00000210. The van der Waals surface area contributed by atoms with Crippen LogP contribution in [0.15, 0.2) is 24.3 Å². The van der Waals surface area contributed by atoms with Crippen LogP contribution in [-0.4, -0.2) is 29.1 Å². The number of aromatic nitrogens is 2. The van der Waals surface area contributed by atoms with Gasteiger partial charge in [-0.3, -0.25) is 0 Å². The Morgan fingerprint density at radius 3 is 2.52 bits per heavy atom. The molecule has 1 atom stereocenters. The van der Waals surface area contributed by atoms with Gasteiger partial charge in [0.2, 0.25) is 5.95 Å². The number of nitrogens with one attached hydrogen (secondary N) is 1. The smallest absolute Gasteiger partial charge is 0.355 e. The van der Waals surface area contributed by atoms with Crippen LogP contribution in [0.25, 0.3) is 0 Å². The molecular formula is C18H23Cl2F4N5. The van der Waals surface area contributed by atoms with Crippen LogP contribution >= 0.6 is 24.8 Å². The summed E-state index contributed by atoms with van der Waals surface area (Å²) >= 11 is 0. The topological polar surface area (TPSA) is 67.1 Å². The van der Waals surface area contributed by atoms with Gasteiger partial charge in [0.1, 0.15) is 11.6 Å². The Morgan fingerprint density at radius 2 is 1.93 bits per heavy atom. The first-order chi connectivity index (χ1) is 12.8. The minimum Gasteiger partial charge on any atom is -0.355 e. The molecule has 1 aliphatic rings. The summed E-state index contributed by atoms with van der Waals surface area (Å²) in [5.74, 6) is -0.460. The molecule has 0 unspecified atom stereocenters. The highest BCUT2D eigenvalue weighted by Crippen LogP contribution is 2.33. The first-order valence-electron chi connectivity index (χ1n) is 8.78. The maximum absolute atomic E-state index is 13.5. The summed E-state index contributed by atoms with van der Waals surface area (Å²) in [4.78, 5) is 10.8. The van der Waals surface area contributed by atoms with Crippen molar-refractivity contribution in [1.29, 1.82) is 0 Å². The highest BCUT2D eigenvalue weighted by molar-refractivity contribution is 5.85. The number of nitrogens with two attached hydrogens (primary N) is 1. The second kappa shape index (κ2) is 10.3. The van der Waals surface area contributed by atoms with Gasteiger partial charge in [-0.25, -0.2) is 9.37 Å². The van der Waals surface area contributed by atoms with Crippen molar-refractivity contribution >= 4 is 42.3 Å². The van der Waals surface area contributed by atoms with E-state index in [0.717, 1.165) is 37.2 Å². The van der Waals surface area contributed by atoms with Crippen LogP contribution in [0, 0.1) is 5.82 Å². The average molecular weight is 456 g/mol. The Bertz CT molecular complexity index is 819. The van der Waals surface area contributed by atoms with Gasteiger partial charge in [-0.15, -0.1) is 24.8 Å². The van der Waals surface area contributed by atoms with Crippen molar-refractivity contribution in [3.8, 4) is 0 Å². The third-order valence-corrected chi connectivity index (χ3v) is 4.35. The molecule has 3 rings (SSSR count). The van der Waals surface area contributed by atoms with Crippen LogP contribution in [0.1, 0.15) is 31.0 Å². The second-order valence-corrected chi connectivity index (χ2v) is 6.60. The van der Waals surface area contributed by atoms with E-state index in [1.54, 1.807) is 0 Å². The van der Waals surface area contributed by atoms with E-state index in [0.29, 0.717) is 18.8 Å². The van der Waals surface area contributed by atoms with Gasteiger partial charge in [0.25, 0.3) is 0 Å². The highest BCUT2D eigenvalue weighted by Gasteiger charge is 2.34. The van der Waals surface area contributed by atoms with Crippen molar-refractivity contribution in [3.63, 3.8) is 0 Å². The van der Waals surface area contributed by atoms with Gasteiger partial charge in [-0.05, 0) is 31.0 Å². The minimum atomic E-state index is -4.77. The number of hydrogen-bond donors (Lipinski definition) is 2. The molecule has 2 aromatic rings. The van der Waals surface area contributed by atoms with Crippen molar-refractivity contribution in [1.82, 2.24) is 9.97 Å². The summed E-state index contributed by atoms with van der Waals surface area (Å²) < 4.78 is 52.2. The molecule has 0 saturated carbocycles. The van der Waals surface area contributed by atoms with Crippen LogP contribution in [0.3, 0.4) is 0 Å². The van der Waals surface area contributed by atoms with Crippen LogP contribution in [-0.2, 0) is 12.6 Å². The predicted octanol–water partition coefficient (Wildman–Crippen LogP) is 4.71. The van der Waals surface area contributed by atoms with Gasteiger partial charge in [0.05, 0.1) is 5.56 Å². The van der Waals surface area contributed by atoms with Gasteiger partial charge < -0.3 is 16.0 Å². The summed E-state index contributed by atoms with van der Waals surface area (Å²) in [6.45, 7) is 3.44. The molecule has 1 saturated heterocycles. The van der Waals surface area contributed by atoms with E-state index >= 15 is 0 Å². The van der Waals surface area contributed by atoms with E-state index in [1.165, 1.54) is 6.07 Å². The van der Waals surface area contributed by atoms with Gasteiger partial charge in [0, 0.05) is 36.6 Å². The monoisotopic (exact) mass is 455 g/mol. The van der Waals surface area contributed by atoms with Crippen molar-refractivity contribution in [2.45, 2.75) is 38.4 Å². The number of nitrogens with zero attached hydrogens (tertiary/aromatic N) is 3. The zero-order valence-corrected chi connectivity index (χ0v) is 17.3. The summed E-state index contributed by atoms with van der Waals surface area (Å²) in [5.41, 5.74) is 5.47. The second-order valence-electron chi connectivity index (χ2n) is 6.60. The molecule has 1 aromatic heterocycles. The lowest BCUT2D eigenvalue weighted by Crippen LogP contribution is -2.27. The van der Waals surface area contributed by atoms with Gasteiger partial charge in [-0.1, -0.05) is 13.3 Å². The molecule has 1 aliphatic heterocycles. The number of aryl methyl sites for hydroxylation is 1. The van der Waals surface area contributed by atoms with Crippen LogP contribution in [0.4, 0.5) is 35.0 Å². The summed E-state index contributed by atoms with van der Waals surface area (Å²) in [6, 6.07) is 4.67. The molecule has 5 nitrogen and oxygen atoms in total. The fourth-order valence-electron chi connectivity index (χ4n) is 3.03. The van der Waals surface area contributed by atoms with Crippen LogP contribution in [0.2, 0.25) is 0 Å². The van der Waals surface area contributed by atoms with Gasteiger partial charge >= 0.3 is 6.18 Å². The lowest BCUT2D eigenvalue weighted by atomic mass is 10.2. The standard InChI is InChI=1S/C18H21F4N5.2ClH/c1-2-3-12-9-16(27-7-6-11(23)10-27)26-17(24-12)25-13-4-5-15(19)14(8-13)18(20,21)22;;/h4-5,8-9,11H,2-3,6-7,10,23H2,1H3,(H,24,25,26);2*1H/t11-;;/m0../s1. The van der Waals surface area contributed by atoms with E-state index < -0.39 is 17.6 Å². The lowest BCUT2D eigenvalue weighted by Gasteiger charge is -2.19. The zero-order valence-electron chi connectivity index (χ0n) is 15.7. The first kappa shape index (κ1) is 25.2. The molecule has 1 aromatic carbocycles. The number of alkyl halides is 3. The number of halogens is 6. The molecular weight excluding hydrogens is 433 g/mol. The van der Waals surface area contributed by atoms with Gasteiger partial charge in [0.15, 0.2) is 0 Å². The predicted molar refractivity (Wildman–Crippen MR) is 110 cm³/mol. The first-order valence-corrected chi connectivity index (χ1v) is 8.78. The van der Waals surface area contributed by atoms with Crippen LogP contribution in [0.5, 0.6) is 0 Å². The fraction of sp³-hybridized carbons (Fsp3) is 0.444. The summed E-state index contributed by atoms with van der Waals surface area (Å²) in [6.07, 6.45) is -2.35. The third-order valence-electron chi connectivity index (χ3n) is 4.35. The molecule has 0 amide bonds. The summed E-state index contributed by atoms with van der Waals surface area (Å²) in [7, 11) is 0. The number of hydrogen-bond acceptors (Lipinski definition) is 5. The number of rotatable bonds is 5. The van der Waals surface area contributed by atoms with E-state index in [9.17, 15) is 17.6 Å². The zero-order chi connectivity index (χ0) is 19.6. The molecule has 3 N–H and O–H groups in total. The Labute approximate surface area is 178 Å². The van der Waals surface area contributed by atoms with Crippen LogP contribution < -0.4 is 16.0 Å².